The van der Waals surface area contributed by atoms with Gasteiger partial charge in [-0.1, -0.05) is 0 Å². The zero-order valence-corrected chi connectivity index (χ0v) is 20.9. The van der Waals surface area contributed by atoms with Crippen molar-refractivity contribution in [1.29, 1.82) is 0 Å². The van der Waals surface area contributed by atoms with E-state index in [-0.39, 0.29) is 18.6 Å². The third kappa shape index (κ3) is 4.97. The van der Waals surface area contributed by atoms with Gasteiger partial charge in [0.2, 0.25) is 5.88 Å². The lowest BCUT2D eigenvalue weighted by Gasteiger charge is -2.45. The van der Waals surface area contributed by atoms with Crippen molar-refractivity contribution >= 4 is 11.0 Å². The lowest BCUT2D eigenvalue weighted by molar-refractivity contribution is -0.141. The Labute approximate surface area is 217 Å². The van der Waals surface area contributed by atoms with Crippen molar-refractivity contribution < 1.29 is 22.6 Å². The maximum Gasteiger partial charge on any atom is 0.433 e. The number of aromatic nitrogens is 6. The van der Waals surface area contributed by atoms with Crippen molar-refractivity contribution in [3.63, 3.8) is 0 Å². The van der Waals surface area contributed by atoms with E-state index < -0.39 is 11.9 Å². The number of pyridine rings is 1. The van der Waals surface area contributed by atoms with Gasteiger partial charge in [-0.15, -0.1) is 0 Å². The van der Waals surface area contributed by atoms with Crippen LogP contribution in [-0.4, -0.2) is 67.0 Å². The van der Waals surface area contributed by atoms with Gasteiger partial charge in [0.25, 0.3) is 0 Å². The molecule has 2 aliphatic rings. The molecule has 4 aromatic rings. The number of alkyl halides is 3. The van der Waals surface area contributed by atoms with E-state index in [0.717, 1.165) is 67.1 Å². The normalized spacial score (nSPS) is 21.1. The number of nitrogens with one attached hydrogen (secondary N) is 1. The van der Waals surface area contributed by atoms with E-state index in [4.69, 9.17) is 9.47 Å². The summed E-state index contributed by atoms with van der Waals surface area (Å²) < 4.78 is 52.7. The molecule has 12 heteroatoms. The van der Waals surface area contributed by atoms with Crippen molar-refractivity contribution in [2.75, 3.05) is 20.2 Å². The number of fused-ring (bicyclic) bond motifs is 1. The first-order valence-electron chi connectivity index (χ1n) is 12.7. The fourth-order valence-electron chi connectivity index (χ4n) is 5.38. The molecule has 0 amide bonds. The lowest BCUT2D eigenvalue weighted by Crippen LogP contribution is -2.50. The monoisotopic (exact) mass is 527 g/mol. The van der Waals surface area contributed by atoms with Crippen LogP contribution in [0.2, 0.25) is 0 Å². The van der Waals surface area contributed by atoms with Gasteiger partial charge in [-0.2, -0.15) is 18.3 Å². The summed E-state index contributed by atoms with van der Waals surface area (Å²) in [4.78, 5) is 18.0. The molecular formula is C26H28F3N7O2. The highest BCUT2D eigenvalue weighted by Gasteiger charge is 2.38. The first-order valence-corrected chi connectivity index (χ1v) is 12.7. The molecule has 0 atom stereocenters. The van der Waals surface area contributed by atoms with Crippen molar-refractivity contribution in [3.8, 4) is 17.1 Å². The first-order chi connectivity index (χ1) is 18.4. The first kappa shape index (κ1) is 24.8. The van der Waals surface area contributed by atoms with Gasteiger partial charge >= 0.3 is 6.18 Å². The number of likely N-dealkylation sites (tertiary alicyclic amines) is 1. The summed E-state index contributed by atoms with van der Waals surface area (Å²) >= 11 is 0. The van der Waals surface area contributed by atoms with Crippen molar-refractivity contribution in [1.82, 2.24) is 34.6 Å². The second-order valence-electron chi connectivity index (χ2n) is 9.93. The molecule has 1 aliphatic heterocycles. The predicted molar refractivity (Wildman–Crippen MR) is 132 cm³/mol. The van der Waals surface area contributed by atoms with E-state index in [1.807, 2.05) is 23.1 Å². The standard InChI is InChI=1S/C26H28F3N7O2/c1-37-14-16-8-22(26(27,28)29)34-23(9-16)38-20-3-6-35(7-4-20)18-10-19(11-18)36-13-17(12-33-36)24-21-2-5-30-25(21)32-15-31-24/h2,5,8-9,12-13,15,18-20H,3-4,6-7,10-11,14H2,1H3,(H,30,31,32). The van der Waals surface area contributed by atoms with E-state index in [2.05, 4.69) is 36.1 Å². The number of methoxy groups -OCH3 is 1. The van der Waals surface area contributed by atoms with Gasteiger partial charge in [0, 0.05) is 55.7 Å². The highest BCUT2D eigenvalue weighted by atomic mass is 19.4. The number of piperidine rings is 1. The number of halogens is 3. The number of H-pyrrole nitrogens is 1. The molecule has 5 heterocycles. The smallest absolute Gasteiger partial charge is 0.433 e. The highest BCUT2D eigenvalue weighted by molar-refractivity contribution is 5.89. The molecule has 38 heavy (non-hydrogen) atoms. The van der Waals surface area contributed by atoms with Crippen LogP contribution >= 0.6 is 0 Å². The highest BCUT2D eigenvalue weighted by Crippen LogP contribution is 2.38. The van der Waals surface area contributed by atoms with Crippen LogP contribution < -0.4 is 4.74 Å². The molecule has 1 N–H and O–H groups in total. The van der Waals surface area contributed by atoms with Crippen LogP contribution in [0.5, 0.6) is 5.88 Å². The van der Waals surface area contributed by atoms with Gasteiger partial charge in [0.1, 0.15) is 23.8 Å². The molecule has 4 aromatic heterocycles. The zero-order valence-electron chi connectivity index (χ0n) is 20.9. The van der Waals surface area contributed by atoms with Crippen LogP contribution in [0.4, 0.5) is 13.2 Å². The van der Waals surface area contributed by atoms with Gasteiger partial charge in [0.15, 0.2) is 0 Å². The van der Waals surface area contributed by atoms with Crippen LogP contribution in [0.3, 0.4) is 0 Å². The number of hydrogen-bond acceptors (Lipinski definition) is 7. The molecule has 0 unspecified atom stereocenters. The molecule has 0 bridgehead atoms. The number of aromatic amines is 1. The van der Waals surface area contributed by atoms with Crippen LogP contribution in [0.1, 0.15) is 43.0 Å². The Morgan fingerprint density at radius 1 is 1.11 bits per heavy atom. The van der Waals surface area contributed by atoms with Crippen molar-refractivity contribution in [2.45, 2.75) is 56.7 Å². The largest absolute Gasteiger partial charge is 0.474 e. The molecule has 6 rings (SSSR count). The molecule has 0 radical (unpaired) electrons. The van der Waals surface area contributed by atoms with Crippen LogP contribution in [0.15, 0.2) is 43.1 Å². The summed E-state index contributed by atoms with van der Waals surface area (Å²) in [7, 11) is 1.44. The average molecular weight is 528 g/mol. The number of nitrogens with zero attached hydrogens (tertiary/aromatic N) is 6. The van der Waals surface area contributed by atoms with Gasteiger partial charge < -0.3 is 14.5 Å². The molecule has 200 valence electrons. The molecular weight excluding hydrogens is 499 g/mol. The third-order valence-electron chi connectivity index (χ3n) is 7.43. The summed E-state index contributed by atoms with van der Waals surface area (Å²) in [6, 6.07) is 5.30. The van der Waals surface area contributed by atoms with Gasteiger partial charge in [0.05, 0.1) is 24.5 Å². The minimum atomic E-state index is -4.54. The molecule has 2 fully saturated rings. The molecule has 9 nitrogen and oxygen atoms in total. The van der Waals surface area contributed by atoms with Gasteiger partial charge in [-0.3, -0.25) is 9.58 Å². The van der Waals surface area contributed by atoms with E-state index in [0.29, 0.717) is 17.6 Å². The Bertz CT molecular complexity index is 1410. The van der Waals surface area contributed by atoms with Crippen LogP contribution in [-0.2, 0) is 17.5 Å². The lowest BCUT2D eigenvalue weighted by atomic mass is 9.84. The molecule has 0 aromatic carbocycles. The minimum absolute atomic E-state index is 0.00382. The molecule has 1 saturated carbocycles. The summed E-state index contributed by atoms with van der Waals surface area (Å²) in [5.41, 5.74) is 2.07. The van der Waals surface area contributed by atoms with E-state index in [1.54, 1.807) is 6.33 Å². The Morgan fingerprint density at radius 3 is 2.68 bits per heavy atom. The maximum absolute atomic E-state index is 13.3. The van der Waals surface area contributed by atoms with E-state index >= 15 is 0 Å². The number of rotatable bonds is 7. The summed E-state index contributed by atoms with van der Waals surface area (Å²) in [6.07, 6.45) is 6.10. The quantitative estimate of drug-likeness (QED) is 0.375. The minimum Gasteiger partial charge on any atom is -0.474 e. The van der Waals surface area contributed by atoms with Gasteiger partial charge in [-0.05, 0) is 43.4 Å². The van der Waals surface area contributed by atoms with E-state index in [9.17, 15) is 13.2 Å². The predicted octanol–water partition coefficient (Wildman–Crippen LogP) is 4.63. The Balaban J connectivity index is 1.03. The average Bonchev–Trinajstić information content (AvgIpc) is 3.54. The third-order valence-corrected chi connectivity index (χ3v) is 7.43. The molecule has 1 saturated heterocycles. The van der Waals surface area contributed by atoms with E-state index in [1.165, 1.54) is 13.2 Å². The Kier molecular flexibility index (Phi) is 6.52. The fourth-order valence-corrected chi connectivity index (χ4v) is 5.38. The number of hydrogen-bond donors (Lipinski definition) is 1. The SMILES string of the molecule is COCc1cc(OC2CCN(C3CC(n4cc(-c5ncnc6[nH]ccc56)cn4)C3)CC2)nc(C(F)(F)F)c1. The Hall–Kier alpha value is -3.51. The zero-order chi connectivity index (χ0) is 26.3. The number of ether oxygens (including phenoxy) is 2. The molecule has 0 spiro atoms. The second-order valence-corrected chi connectivity index (χ2v) is 9.93. The molecule has 1 aliphatic carbocycles. The topological polar surface area (TPSA) is 94.0 Å². The maximum atomic E-state index is 13.3. The Morgan fingerprint density at radius 2 is 1.92 bits per heavy atom. The van der Waals surface area contributed by atoms with Crippen LogP contribution in [0, 0.1) is 0 Å². The summed E-state index contributed by atoms with van der Waals surface area (Å²) in [6.45, 7) is 1.74. The fraction of sp³-hybridized carbons (Fsp3) is 0.462. The van der Waals surface area contributed by atoms with Crippen molar-refractivity contribution in [2.24, 2.45) is 0 Å². The van der Waals surface area contributed by atoms with Crippen molar-refractivity contribution in [3.05, 3.63) is 54.4 Å². The van der Waals surface area contributed by atoms with Gasteiger partial charge in [-0.25, -0.2) is 15.0 Å². The second kappa shape index (κ2) is 9.99. The summed E-state index contributed by atoms with van der Waals surface area (Å²) in [5, 5.41) is 5.57. The van der Waals surface area contributed by atoms with Crippen LogP contribution in [0.25, 0.3) is 22.3 Å². The summed E-state index contributed by atoms with van der Waals surface area (Å²) in [5.74, 6) is 0.00382.